The molecule has 0 aromatic carbocycles. The molecule has 0 bridgehead atoms. The number of carbonyl (C=O) groups excluding carboxylic acids is 2. The van der Waals surface area contributed by atoms with Crippen LogP contribution in [0.15, 0.2) is 18.5 Å². The number of amides is 2. The fourth-order valence-corrected chi connectivity index (χ4v) is 4.26. The maximum absolute atomic E-state index is 12.7. The van der Waals surface area contributed by atoms with E-state index in [2.05, 4.69) is 20.3 Å². The van der Waals surface area contributed by atoms with Crippen LogP contribution in [0.5, 0.6) is 11.6 Å². The van der Waals surface area contributed by atoms with E-state index in [0.717, 1.165) is 18.4 Å². The van der Waals surface area contributed by atoms with Crippen LogP contribution in [0, 0.1) is 0 Å². The Bertz CT molecular complexity index is 1030. The Labute approximate surface area is 185 Å². The van der Waals surface area contributed by atoms with Gasteiger partial charge in [-0.1, -0.05) is 0 Å². The fraction of sp³-hybridized carbons (Fsp3) is 0.476. The Morgan fingerprint density at radius 3 is 2.88 bits per heavy atom. The zero-order valence-electron chi connectivity index (χ0n) is 17.7. The van der Waals surface area contributed by atoms with Crippen molar-refractivity contribution in [2.75, 3.05) is 31.1 Å². The number of aromatic hydroxyl groups is 1. The molecule has 2 aliphatic heterocycles. The fourth-order valence-electron chi connectivity index (χ4n) is 4.26. The second-order valence-electron chi connectivity index (χ2n) is 8.24. The van der Waals surface area contributed by atoms with Crippen molar-refractivity contribution >= 4 is 23.6 Å². The largest absolute Gasteiger partial charge is 0.506 e. The van der Waals surface area contributed by atoms with E-state index in [1.807, 2.05) is 4.90 Å². The molecule has 0 radical (unpaired) electrons. The number of anilines is 2. The van der Waals surface area contributed by atoms with Crippen molar-refractivity contribution in [3.05, 3.63) is 29.6 Å². The number of nitrogen functional groups attached to an aromatic ring is 2. The van der Waals surface area contributed by atoms with Gasteiger partial charge in [0, 0.05) is 45.1 Å². The van der Waals surface area contributed by atoms with Crippen molar-refractivity contribution in [3.8, 4) is 11.6 Å². The minimum atomic E-state index is -0.433. The summed E-state index contributed by atoms with van der Waals surface area (Å²) in [6.07, 6.45) is 6.39. The molecule has 1 saturated heterocycles. The van der Waals surface area contributed by atoms with Crippen molar-refractivity contribution in [1.29, 1.82) is 0 Å². The SMILES string of the molecule is Nc1nc(N)c2c(n1)O[C@]1(CCCN(C(=O)CCCNC(=O)c3cncc(O)c3)CC1)C2. The third-order valence-corrected chi connectivity index (χ3v) is 5.92. The normalized spacial score (nSPS) is 19.8. The summed E-state index contributed by atoms with van der Waals surface area (Å²) >= 11 is 0. The first-order chi connectivity index (χ1) is 15.3. The Hall–Kier alpha value is -3.63. The predicted molar refractivity (Wildman–Crippen MR) is 116 cm³/mol. The number of pyridine rings is 1. The van der Waals surface area contributed by atoms with E-state index in [0.29, 0.717) is 57.0 Å². The molecule has 1 fully saturated rings. The summed E-state index contributed by atoms with van der Waals surface area (Å²) in [6.45, 7) is 1.59. The van der Waals surface area contributed by atoms with Crippen LogP contribution >= 0.6 is 0 Å². The number of hydrogen-bond donors (Lipinski definition) is 4. The Morgan fingerprint density at radius 2 is 2.06 bits per heavy atom. The maximum atomic E-state index is 12.7. The van der Waals surface area contributed by atoms with Gasteiger partial charge in [-0.05, 0) is 25.3 Å². The maximum Gasteiger partial charge on any atom is 0.252 e. The van der Waals surface area contributed by atoms with E-state index in [-0.39, 0.29) is 29.1 Å². The molecule has 4 rings (SSSR count). The van der Waals surface area contributed by atoms with Crippen LogP contribution in [0.2, 0.25) is 0 Å². The van der Waals surface area contributed by atoms with E-state index in [4.69, 9.17) is 16.2 Å². The lowest BCUT2D eigenvalue weighted by Crippen LogP contribution is -2.37. The molecule has 2 aliphatic rings. The lowest BCUT2D eigenvalue weighted by Gasteiger charge is -2.27. The number of nitrogens with one attached hydrogen (secondary N) is 1. The number of ether oxygens (including phenoxy) is 1. The van der Waals surface area contributed by atoms with Crippen LogP contribution in [-0.4, -0.2) is 62.0 Å². The monoisotopic (exact) mass is 441 g/mol. The van der Waals surface area contributed by atoms with Crippen LogP contribution in [0.25, 0.3) is 0 Å². The molecular formula is C21H27N7O4. The molecule has 1 spiro atoms. The minimum absolute atomic E-state index is 0.0504. The van der Waals surface area contributed by atoms with E-state index >= 15 is 0 Å². The zero-order valence-corrected chi connectivity index (χ0v) is 17.7. The number of likely N-dealkylation sites (tertiary alicyclic amines) is 1. The highest BCUT2D eigenvalue weighted by Crippen LogP contribution is 2.42. The van der Waals surface area contributed by atoms with Gasteiger partial charge in [-0.15, -0.1) is 0 Å². The third kappa shape index (κ3) is 4.66. The van der Waals surface area contributed by atoms with Gasteiger partial charge in [-0.3, -0.25) is 14.6 Å². The highest BCUT2D eigenvalue weighted by molar-refractivity contribution is 5.94. The zero-order chi connectivity index (χ0) is 22.7. The van der Waals surface area contributed by atoms with E-state index in [1.165, 1.54) is 18.5 Å². The second-order valence-corrected chi connectivity index (χ2v) is 8.24. The number of fused-ring (bicyclic) bond motifs is 1. The molecule has 11 nitrogen and oxygen atoms in total. The van der Waals surface area contributed by atoms with Crippen molar-refractivity contribution in [3.63, 3.8) is 0 Å². The molecule has 2 amide bonds. The van der Waals surface area contributed by atoms with Gasteiger partial charge in [-0.2, -0.15) is 9.97 Å². The van der Waals surface area contributed by atoms with Gasteiger partial charge in [0.15, 0.2) is 0 Å². The van der Waals surface area contributed by atoms with Gasteiger partial charge in [0.05, 0.1) is 17.3 Å². The smallest absolute Gasteiger partial charge is 0.252 e. The van der Waals surface area contributed by atoms with Crippen LogP contribution in [0.1, 0.15) is 48.0 Å². The lowest BCUT2D eigenvalue weighted by atomic mass is 9.90. The minimum Gasteiger partial charge on any atom is -0.506 e. The molecule has 6 N–H and O–H groups in total. The van der Waals surface area contributed by atoms with Gasteiger partial charge in [-0.25, -0.2) is 0 Å². The lowest BCUT2D eigenvalue weighted by molar-refractivity contribution is -0.131. The standard InChI is InChI=1S/C21H27N7O4/c22-17-15-10-21(32-19(15)27-20(23)26-17)4-2-7-28(8-5-21)16(30)3-1-6-25-18(31)13-9-14(29)12-24-11-13/h9,11-12,29H,1-8,10H2,(H,25,31)(H4,22,23,26,27)/t21-/m0/s1. The number of nitrogens with zero attached hydrogens (tertiary/aromatic N) is 4. The summed E-state index contributed by atoms with van der Waals surface area (Å²) < 4.78 is 6.16. The quantitative estimate of drug-likeness (QED) is 0.486. The summed E-state index contributed by atoms with van der Waals surface area (Å²) in [5.41, 5.74) is 12.3. The molecule has 0 aliphatic carbocycles. The van der Waals surface area contributed by atoms with E-state index in [1.54, 1.807) is 0 Å². The number of hydrogen-bond acceptors (Lipinski definition) is 9. The molecule has 11 heteroatoms. The summed E-state index contributed by atoms with van der Waals surface area (Å²) in [6, 6.07) is 1.34. The van der Waals surface area contributed by atoms with Crippen molar-refractivity contribution < 1.29 is 19.4 Å². The Kier molecular flexibility index (Phi) is 5.97. The summed E-state index contributed by atoms with van der Waals surface area (Å²) in [5, 5.41) is 12.1. The second kappa shape index (κ2) is 8.85. The molecule has 2 aromatic heterocycles. The van der Waals surface area contributed by atoms with Gasteiger partial charge < -0.3 is 31.5 Å². The number of carbonyl (C=O) groups is 2. The highest BCUT2D eigenvalue weighted by Gasteiger charge is 2.43. The van der Waals surface area contributed by atoms with E-state index < -0.39 is 5.60 Å². The number of nitrogens with two attached hydrogens (primary N) is 2. The Balaban J connectivity index is 1.25. The first kappa shape index (κ1) is 21.6. The number of rotatable bonds is 5. The molecule has 0 unspecified atom stereocenters. The molecule has 32 heavy (non-hydrogen) atoms. The molecular weight excluding hydrogens is 414 g/mol. The topological polar surface area (TPSA) is 170 Å². The van der Waals surface area contributed by atoms with Crippen molar-refractivity contribution in [2.24, 2.45) is 0 Å². The first-order valence-corrected chi connectivity index (χ1v) is 10.7. The average molecular weight is 441 g/mol. The molecule has 170 valence electrons. The highest BCUT2D eigenvalue weighted by atomic mass is 16.5. The van der Waals surface area contributed by atoms with Gasteiger partial charge in [0.25, 0.3) is 5.91 Å². The summed E-state index contributed by atoms with van der Waals surface area (Å²) in [4.78, 5) is 38.6. The first-order valence-electron chi connectivity index (χ1n) is 10.7. The van der Waals surface area contributed by atoms with Crippen LogP contribution in [0.3, 0.4) is 0 Å². The van der Waals surface area contributed by atoms with Crippen LogP contribution in [-0.2, 0) is 11.2 Å². The van der Waals surface area contributed by atoms with Crippen molar-refractivity contribution in [2.45, 2.75) is 44.1 Å². The van der Waals surface area contributed by atoms with Gasteiger partial charge in [0.1, 0.15) is 17.2 Å². The van der Waals surface area contributed by atoms with E-state index in [9.17, 15) is 14.7 Å². The van der Waals surface area contributed by atoms with Crippen LogP contribution in [0.4, 0.5) is 11.8 Å². The van der Waals surface area contributed by atoms with Crippen molar-refractivity contribution in [1.82, 2.24) is 25.2 Å². The third-order valence-electron chi connectivity index (χ3n) is 5.92. The number of aromatic nitrogens is 3. The van der Waals surface area contributed by atoms with Gasteiger partial charge >= 0.3 is 0 Å². The summed E-state index contributed by atoms with van der Waals surface area (Å²) in [7, 11) is 0. The molecule has 4 heterocycles. The molecule has 1 atom stereocenters. The van der Waals surface area contributed by atoms with Gasteiger partial charge in [0.2, 0.25) is 17.7 Å². The average Bonchev–Trinajstić information content (AvgIpc) is 2.98. The molecule has 0 saturated carbocycles. The summed E-state index contributed by atoms with van der Waals surface area (Å²) in [5.74, 6) is 0.542. The Morgan fingerprint density at radius 1 is 1.22 bits per heavy atom. The predicted octanol–water partition coefficient (Wildman–Crippen LogP) is 0.638. The van der Waals surface area contributed by atoms with Crippen LogP contribution < -0.4 is 21.5 Å². The molecule has 2 aromatic rings.